The molecule has 0 N–H and O–H groups in total. The van der Waals surface area contributed by atoms with Crippen LogP contribution in [-0.2, 0) is 4.79 Å². The van der Waals surface area contributed by atoms with Gasteiger partial charge in [0.25, 0.3) is 5.75 Å². The van der Waals surface area contributed by atoms with E-state index in [0.29, 0.717) is 12.0 Å². The molecular formula is C25H40N2O6. The number of carbonyl (C=O) groups is 1. The monoisotopic (exact) mass is 464 g/mol. The van der Waals surface area contributed by atoms with Crippen molar-refractivity contribution in [2.24, 2.45) is 0 Å². The smallest absolute Gasteiger partial charge is 0.319 e. The topological polar surface area (TPSA) is 113 Å². The molecule has 1 aromatic rings. The molecule has 33 heavy (non-hydrogen) atoms. The summed E-state index contributed by atoms with van der Waals surface area (Å²) in [5, 5.41) is 23.5. The Kier molecular flexibility index (Phi) is 14.0. The van der Waals surface area contributed by atoms with Crippen molar-refractivity contribution in [2.75, 3.05) is 0 Å². The van der Waals surface area contributed by atoms with Crippen LogP contribution >= 0.6 is 0 Å². The van der Waals surface area contributed by atoms with Gasteiger partial charge in [-0.3, -0.25) is 25.0 Å². The van der Waals surface area contributed by atoms with Gasteiger partial charge < -0.3 is 4.74 Å². The van der Waals surface area contributed by atoms with Crippen LogP contribution < -0.4 is 4.74 Å². The molecule has 1 atom stereocenters. The zero-order chi connectivity index (χ0) is 24.6. The molecule has 0 aliphatic rings. The molecule has 8 heteroatoms. The Hall–Kier alpha value is -2.51. The highest BCUT2D eigenvalue weighted by Crippen LogP contribution is 2.42. The third-order valence-electron chi connectivity index (χ3n) is 5.93. The Morgan fingerprint density at radius 3 is 1.82 bits per heavy atom. The van der Waals surface area contributed by atoms with Crippen molar-refractivity contribution in [1.82, 2.24) is 0 Å². The maximum absolute atomic E-state index is 12.3. The molecule has 0 saturated heterocycles. The van der Waals surface area contributed by atoms with Gasteiger partial charge in [-0.25, -0.2) is 0 Å². The maximum Gasteiger partial charge on any atom is 0.319 e. The lowest BCUT2D eigenvalue weighted by molar-refractivity contribution is -0.395. The number of nitro benzene ring substituents is 2. The fraction of sp³-hybridized carbons (Fsp3) is 0.720. The Balaban J connectivity index is 3.01. The second-order valence-electron chi connectivity index (χ2n) is 8.73. The molecule has 1 rings (SSSR count). The molecule has 1 unspecified atom stereocenters. The van der Waals surface area contributed by atoms with Crippen molar-refractivity contribution in [3.8, 4) is 5.75 Å². The standard InChI is InChI=1S/C25H40N2O6/c1-4-7-9-10-11-12-14-17-24(28)33-25-22(26(29)30)18-21(19-23(25)27(31)32)20(15-6-3)16-13-8-5-2/h18-20H,4-17H2,1-3H3. The first-order chi connectivity index (χ1) is 15.8. The molecule has 0 spiro atoms. The summed E-state index contributed by atoms with van der Waals surface area (Å²) in [5.74, 6) is -1.22. The highest BCUT2D eigenvalue weighted by molar-refractivity contribution is 5.76. The van der Waals surface area contributed by atoms with E-state index in [-0.39, 0.29) is 12.3 Å². The van der Waals surface area contributed by atoms with Crippen LogP contribution in [0.5, 0.6) is 5.75 Å². The summed E-state index contributed by atoms with van der Waals surface area (Å²) in [4.78, 5) is 34.4. The van der Waals surface area contributed by atoms with Crippen molar-refractivity contribution >= 4 is 17.3 Å². The van der Waals surface area contributed by atoms with E-state index >= 15 is 0 Å². The Morgan fingerprint density at radius 2 is 1.30 bits per heavy atom. The SMILES string of the molecule is CCCCCCCCCC(=O)Oc1c([N+](=O)[O-])cc(C(CCC)CCCCC)cc1[N+](=O)[O-]. The zero-order valence-corrected chi connectivity index (χ0v) is 20.5. The average molecular weight is 465 g/mol. The first-order valence-electron chi connectivity index (χ1n) is 12.5. The van der Waals surface area contributed by atoms with E-state index < -0.39 is 32.9 Å². The van der Waals surface area contributed by atoms with Gasteiger partial charge in [-0.1, -0.05) is 85.0 Å². The van der Waals surface area contributed by atoms with Gasteiger partial charge in [0.05, 0.1) is 9.85 Å². The number of carbonyl (C=O) groups excluding carboxylic acids is 1. The van der Waals surface area contributed by atoms with E-state index in [4.69, 9.17) is 4.74 Å². The molecular weight excluding hydrogens is 424 g/mol. The summed E-state index contributed by atoms with van der Waals surface area (Å²) in [6.45, 7) is 6.27. The second kappa shape index (κ2) is 16.2. The normalized spacial score (nSPS) is 11.8. The number of esters is 1. The highest BCUT2D eigenvalue weighted by atomic mass is 16.6. The van der Waals surface area contributed by atoms with E-state index in [1.165, 1.54) is 31.4 Å². The lowest BCUT2D eigenvalue weighted by Crippen LogP contribution is -2.12. The zero-order valence-electron chi connectivity index (χ0n) is 20.5. The lowest BCUT2D eigenvalue weighted by atomic mass is 9.88. The van der Waals surface area contributed by atoms with Crippen molar-refractivity contribution < 1.29 is 19.4 Å². The van der Waals surface area contributed by atoms with E-state index in [1.807, 2.05) is 6.92 Å². The van der Waals surface area contributed by atoms with E-state index in [2.05, 4.69) is 13.8 Å². The molecule has 0 amide bonds. The summed E-state index contributed by atoms with van der Waals surface area (Å²) in [6.07, 6.45) is 12.7. The fourth-order valence-electron chi connectivity index (χ4n) is 4.09. The quantitative estimate of drug-likeness (QED) is 0.0714. The first-order valence-corrected chi connectivity index (χ1v) is 12.5. The number of ether oxygens (including phenoxy) is 1. The van der Waals surface area contributed by atoms with Crippen LogP contribution in [0.3, 0.4) is 0 Å². The van der Waals surface area contributed by atoms with Crippen molar-refractivity contribution in [1.29, 1.82) is 0 Å². The van der Waals surface area contributed by atoms with E-state index in [0.717, 1.165) is 57.8 Å². The van der Waals surface area contributed by atoms with Crippen molar-refractivity contribution in [3.05, 3.63) is 37.9 Å². The number of nitrogens with zero attached hydrogens (tertiary/aromatic N) is 2. The average Bonchev–Trinajstić information content (AvgIpc) is 2.77. The van der Waals surface area contributed by atoms with Crippen molar-refractivity contribution in [3.63, 3.8) is 0 Å². The minimum atomic E-state index is -0.693. The molecule has 0 fully saturated rings. The van der Waals surface area contributed by atoms with E-state index in [1.54, 1.807) is 0 Å². The third-order valence-corrected chi connectivity index (χ3v) is 5.93. The molecule has 0 aromatic heterocycles. The molecule has 186 valence electrons. The van der Waals surface area contributed by atoms with Gasteiger partial charge in [0.1, 0.15) is 0 Å². The van der Waals surface area contributed by atoms with Crippen molar-refractivity contribution in [2.45, 2.75) is 117 Å². The second-order valence-corrected chi connectivity index (χ2v) is 8.73. The van der Waals surface area contributed by atoms with Crippen LogP contribution in [-0.4, -0.2) is 15.8 Å². The van der Waals surface area contributed by atoms with Crippen LogP contribution in [0, 0.1) is 20.2 Å². The number of nitro groups is 2. The summed E-state index contributed by atoms with van der Waals surface area (Å²) >= 11 is 0. The van der Waals surface area contributed by atoms with Gasteiger partial charge in [0, 0.05) is 18.6 Å². The first kappa shape index (κ1) is 28.5. The molecule has 0 saturated carbocycles. The minimum absolute atomic E-state index is 0.00332. The maximum atomic E-state index is 12.3. The Morgan fingerprint density at radius 1 is 0.788 bits per heavy atom. The highest BCUT2D eigenvalue weighted by Gasteiger charge is 2.32. The Bertz CT molecular complexity index is 730. The molecule has 1 aromatic carbocycles. The van der Waals surface area contributed by atoms with Crippen LogP contribution in [0.15, 0.2) is 12.1 Å². The largest absolute Gasteiger partial charge is 0.412 e. The summed E-state index contributed by atoms with van der Waals surface area (Å²) in [7, 11) is 0. The summed E-state index contributed by atoms with van der Waals surface area (Å²) in [5.41, 5.74) is -0.453. The predicted molar refractivity (Wildman–Crippen MR) is 130 cm³/mol. The number of hydrogen-bond donors (Lipinski definition) is 0. The number of rotatable bonds is 18. The molecule has 0 radical (unpaired) electrons. The number of unbranched alkanes of at least 4 members (excludes halogenated alkanes) is 8. The summed E-state index contributed by atoms with van der Waals surface area (Å²) in [6, 6.07) is 2.71. The molecule has 0 heterocycles. The Labute approximate surface area is 197 Å². The molecule has 0 aliphatic carbocycles. The van der Waals surface area contributed by atoms with Gasteiger partial charge in [0.15, 0.2) is 0 Å². The lowest BCUT2D eigenvalue weighted by Gasteiger charge is -2.17. The van der Waals surface area contributed by atoms with Gasteiger partial charge in [-0.15, -0.1) is 0 Å². The predicted octanol–water partition coefficient (Wildman–Crippen LogP) is 8.01. The van der Waals surface area contributed by atoms with Crippen LogP contribution in [0.2, 0.25) is 0 Å². The van der Waals surface area contributed by atoms with Gasteiger partial charge in [-0.05, 0) is 30.7 Å². The number of hydrogen-bond acceptors (Lipinski definition) is 6. The molecule has 0 bridgehead atoms. The van der Waals surface area contributed by atoms with Gasteiger partial charge >= 0.3 is 17.3 Å². The van der Waals surface area contributed by atoms with Gasteiger partial charge in [0.2, 0.25) is 0 Å². The van der Waals surface area contributed by atoms with Crippen LogP contribution in [0.4, 0.5) is 11.4 Å². The summed E-state index contributed by atoms with van der Waals surface area (Å²) < 4.78 is 5.22. The number of benzene rings is 1. The molecule has 8 nitrogen and oxygen atoms in total. The van der Waals surface area contributed by atoms with Crippen LogP contribution in [0.25, 0.3) is 0 Å². The molecule has 0 aliphatic heterocycles. The van der Waals surface area contributed by atoms with Gasteiger partial charge in [-0.2, -0.15) is 0 Å². The fourth-order valence-corrected chi connectivity index (χ4v) is 4.09. The van der Waals surface area contributed by atoms with Crippen LogP contribution in [0.1, 0.15) is 122 Å². The third kappa shape index (κ3) is 10.3. The minimum Gasteiger partial charge on any atom is -0.412 e. The van der Waals surface area contributed by atoms with E-state index in [9.17, 15) is 25.0 Å².